The van der Waals surface area contributed by atoms with E-state index >= 15 is 0 Å². The van der Waals surface area contributed by atoms with Crippen molar-refractivity contribution in [1.29, 1.82) is 0 Å². The molecular formula is C25H25ClN6O4S. The lowest BCUT2D eigenvalue weighted by atomic mass is 10.1. The van der Waals surface area contributed by atoms with Gasteiger partial charge in [-0.05, 0) is 42.5 Å². The van der Waals surface area contributed by atoms with Gasteiger partial charge in [0.05, 0.1) is 17.0 Å². The van der Waals surface area contributed by atoms with Crippen molar-refractivity contribution >= 4 is 44.3 Å². The molecule has 12 heteroatoms. The number of methoxy groups -OCH3 is 1. The molecule has 1 aliphatic rings. The van der Waals surface area contributed by atoms with Crippen LogP contribution in [0.15, 0.2) is 64.4 Å². The molecule has 2 N–H and O–H groups in total. The molecule has 0 radical (unpaired) electrons. The first-order chi connectivity index (χ1) is 17.8. The number of piperazine rings is 1. The molecule has 0 amide bonds. The summed E-state index contributed by atoms with van der Waals surface area (Å²) in [6.07, 6.45) is 1.60. The van der Waals surface area contributed by atoms with Crippen LogP contribution < -0.4 is 20.9 Å². The molecule has 2 aromatic heterocycles. The van der Waals surface area contributed by atoms with Crippen molar-refractivity contribution in [2.24, 2.45) is 7.05 Å². The van der Waals surface area contributed by atoms with E-state index in [0.717, 1.165) is 0 Å². The second-order valence-electron chi connectivity index (χ2n) is 8.55. The number of halogens is 1. The Kier molecular flexibility index (Phi) is 6.86. The highest BCUT2D eigenvalue weighted by atomic mass is 35.5. The predicted molar refractivity (Wildman–Crippen MR) is 143 cm³/mol. The lowest BCUT2D eigenvalue weighted by molar-refractivity contribution is 0.360. The maximum Gasteiger partial charge on any atom is 0.259 e. The summed E-state index contributed by atoms with van der Waals surface area (Å²) in [4.78, 5) is 22.3. The fourth-order valence-electron chi connectivity index (χ4n) is 4.24. The van der Waals surface area contributed by atoms with Crippen molar-refractivity contribution in [2.75, 3.05) is 38.6 Å². The third kappa shape index (κ3) is 4.90. The van der Waals surface area contributed by atoms with Gasteiger partial charge in [-0.1, -0.05) is 17.7 Å². The van der Waals surface area contributed by atoms with E-state index in [1.54, 1.807) is 68.9 Å². The number of aromatic nitrogens is 3. The normalized spacial score (nSPS) is 14.6. The number of pyridine rings is 1. The van der Waals surface area contributed by atoms with E-state index in [1.165, 1.54) is 8.87 Å². The Morgan fingerprint density at radius 2 is 1.86 bits per heavy atom. The predicted octanol–water partition coefficient (Wildman–Crippen LogP) is 3.00. The van der Waals surface area contributed by atoms with Gasteiger partial charge < -0.3 is 15.4 Å². The Bertz CT molecular complexity index is 1650. The summed E-state index contributed by atoms with van der Waals surface area (Å²) in [5, 5.41) is 7.25. The molecule has 1 fully saturated rings. The van der Waals surface area contributed by atoms with E-state index in [-0.39, 0.29) is 16.4 Å². The minimum absolute atomic E-state index is 0.189. The summed E-state index contributed by atoms with van der Waals surface area (Å²) in [6, 6.07) is 13.4. The van der Waals surface area contributed by atoms with Gasteiger partial charge in [-0.2, -0.15) is 9.29 Å². The Hall–Kier alpha value is -3.51. The molecule has 1 aliphatic heterocycles. The SMILES string of the molecule is COc1ccc(-c2cc3cnc(Nc4cccc(S(=O)(=O)N5CCNCC5)c4)nc3n(C)c2=O)c(Cl)c1. The number of aryl methyl sites for hydroxylation is 1. The fraction of sp³-hybridized carbons (Fsp3) is 0.240. The Labute approximate surface area is 218 Å². The van der Waals surface area contributed by atoms with Crippen LogP contribution in [-0.4, -0.2) is 60.5 Å². The number of fused-ring (bicyclic) bond motifs is 1. The number of sulfonamides is 1. The van der Waals surface area contributed by atoms with Crippen molar-refractivity contribution in [1.82, 2.24) is 24.2 Å². The molecule has 0 bridgehead atoms. The van der Waals surface area contributed by atoms with Crippen molar-refractivity contribution in [3.05, 3.63) is 70.1 Å². The summed E-state index contributed by atoms with van der Waals surface area (Å²) >= 11 is 6.41. The van der Waals surface area contributed by atoms with Gasteiger partial charge in [-0.15, -0.1) is 0 Å². The molecule has 0 spiro atoms. The number of rotatable bonds is 6. The molecular weight excluding hydrogens is 516 g/mol. The van der Waals surface area contributed by atoms with E-state index in [2.05, 4.69) is 20.6 Å². The number of hydrogen-bond donors (Lipinski definition) is 2. The second kappa shape index (κ2) is 10.1. The minimum atomic E-state index is -3.61. The van der Waals surface area contributed by atoms with Crippen LogP contribution in [0, 0.1) is 0 Å². The molecule has 10 nitrogen and oxygen atoms in total. The number of benzene rings is 2. The van der Waals surface area contributed by atoms with Gasteiger partial charge >= 0.3 is 0 Å². The Morgan fingerprint density at radius 3 is 2.59 bits per heavy atom. The lowest BCUT2D eigenvalue weighted by Crippen LogP contribution is -2.46. The number of anilines is 2. The van der Waals surface area contributed by atoms with E-state index in [0.29, 0.717) is 64.8 Å². The first-order valence-electron chi connectivity index (χ1n) is 11.6. The van der Waals surface area contributed by atoms with Crippen molar-refractivity contribution in [3.8, 4) is 16.9 Å². The average molecular weight is 541 g/mol. The zero-order chi connectivity index (χ0) is 26.2. The van der Waals surface area contributed by atoms with E-state index in [1.807, 2.05) is 0 Å². The topological polar surface area (TPSA) is 118 Å². The molecule has 0 unspecified atom stereocenters. The zero-order valence-electron chi connectivity index (χ0n) is 20.2. The molecule has 1 saturated heterocycles. The third-order valence-corrected chi connectivity index (χ3v) is 8.43. The van der Waals surface area contributed by atoms with Gasteiger partial charge in [-0.25, -0.2) is 13.4 Å². The molecule has 192 valence electrons. The van der Waals surface area contributed by atoms with Gasteiger partial charge in [0.1, 0.15) is 11.4 Å². The number of hydrogen-bond acceptors (Lipinski definition) is 8. The minimum Gasteiger partial charge on any atom is -0.497 e. The van der Waals surface area contributed by atoms with Crippen LogP contribution in [0.25, 0.3) is 22.2 Å². The molecule has 0 atom stereocenters. The van der Waals surface area contributed by atoms with Crippen molar-refractivity contribution in [2.45, 2.75) is 4.90 Å². The van der Waals surface area contributed by atoms with Gasteiger partial charge in [-0.3, -0.25) is 9.36 Å². The third-order valence-electron chi connectivity index (χ3n) is 6.22. The van der Waals surface area contributed by atoms with E-state index in [9.17, 15) is 13.2 Å². The fourth-order valence-corrected chi connectivity index (χ4v) is 6.00. The van der Waals surface area contributed by atoms with Gasteiger partial charge in [0, 0.05) is 61.6 Å². The standard InChI is InChI=1S/C25H25ClN6O4S/c1-31-23-16(12-21(24(31)33)20-7-6-18(36-2)14-22(20)26)15-28-25(30-23)29-17-4-3-5-19(13-17)37(34,35)32-10-8-27-9-11-32/h3-7,12-15,27H,8-11H2,1-2H3,(H,28,29,30). The zero-order valence-corrected chi connectivity index (χ0v) is 21.8. The lowest BCUT2D eigenvalue weighted by Gasteiger charge is -2.26. The van der Waals surface area contributed by atoms with Crippen LogP contribution in [0.2, 0.25) is 5.02 Å². The maximum atomic E-state index is 13.2. The van der Waals surface area contributed by atoms with Crippen LogP contribution >= 0.6 is 11.6 Å². The van der Waals surface area contributed by atoms with Gasteiger partial charge in [0.15, 0.2) is 0 Å². The van der Waals surface area contributed by atoms with Crippen LogP contribution in [0.4, 0.5) is 11.6 Å². The van der Waals surface area contributed by atoms with Crippen LogP contribution in [0.3, 0.4) is 0 Å². The summed E-state index contributed by atoms with van der Waals surface area (Å²) in [5.74, 6) is 0.824. The summed E-state index contributed by atoms with van der Waals surface area (Å²) in [5.41, 5.74) is 1.66. The molecule has 3 heterocycles. The highest BCUT2D eigenvalue weighted by Crippen LogP contribution is 2.31. The summed E-state index contributed by atoms with van der Waals surface area (Å²) in [6.45, 7) is 2.08. The number of ether oxygens (including phenoxy) is 1. The quantitative estimate of drug-likeness (QED) is 0.383. The highest BCUT2D eigenvalue weighted by molar-refractivity contribution is 7.89. The first kappa shape index (κ1) is 25.2. The Morgan fingerprint density at radius 1 is 1.08 bits per heavy atom. The van der Waals surface area contributed by atoms with Crippen LogP contribution in [0.5, 0.6) is 5.75 Å². The molecule has 37 heavy (non-hydrogen) atoms. The second-order valence-corrected chi connectivity index (χ2v) is 10.9. The monoisotopic (exact) mass is 540 g/mol. The Balaban J connectivity index is 1.47. The number of nitrogens with one attached hydrogen (secondary N) is 2. The van der Waals surface area contributed by atoms with Crippen molar-refractivity contribution < 1.29 is 13.2 Å². The van der Waals surface area contributed by atoms with Crippen LogP contribution in [-0.2, 0) is 17.1 Å². The van der Waals surface area contributed by atoms with Crippen molar-refractivity contribution in [3.63, 3.8) is 0 Å². The molecule has 4 aromatic rings. The molecule has 2 aromatic carbocycles. The summed E-state index contributed by atoms with van der Waals surface area (Å²) < 4.78 is 34.2. The van der Waals surface area contributed by atoms with Gasteiger partial charge in [0.25, 0.3) is 5.56 Å². The summed E-state index contributed by atoms with van der Waals surface area (Å²) in [7, 11) is -0.440. The smallest absolute Gasteiger partial charge is 0.259 e. The highest BCUT2D eigenvalue weighted by Gasteiger charge is 2.26. The van der Waals surface area contributed by atoms with Crippen LogP contribution in [0.1, 0.15) is 0 Å². The largest absolute Gasteiger partial charge is 0.497 e. The molecule has 5 rings (SSSR count). The molecule has 0 saturated carbocycles. The van der Waals surface area contributed by atoms with E-state index in [4.69, 9.17) is 16.3 Å². The van der Waals surface area contributed by atoms with E-state index < -0.39 is 10.0 Å². The first-order valence-corrected chi connectivity index (χ1v) is 13.4. The van der Waals surface area contributed by atoms with Gasteiger partial charge in [0.2, 0.25) is 16.0 Å². The average Bonchev–Trinajstić information content (AvgIpc) is 2.92. The molecule has 0 aliphatic carbocycles. The number of nitrogens with zero attached hydrogens (tertiary/aromatic N) is 4. The maximum absolute atomic E-state index is 13.2.